The van der Waals surface area contributed by atoms with Crippen LogP contribution < -0.4 is 11.1 Å². The molecule has 28 heavy (non-hydrogen) atoms. The Morgan fingerprint density at radius 3 is 2.25 bits per heavy atom. The standard InChI is InChI=1S/C21H29N3O3.ClH/c1-12-10-24(11-13(2)27-12)21(26)14-5-7-17(8-6-14)23-20(25)18-15-3-4-16(9-15)19(18)22;/h5-8,12-13,15-16,18-19H,3-4,9-11,22H2,1-2H3,(H,23,25);1H. The highest BCUT2D eigenvalue weighted by molar-refractivity contribution is 5.96. The van der Waals surface area contributed by atoms with E-state index in [1.807, 2.05) is 18.7 Å². The summed E-state index contributed by atoms with van der Waals surface area (Å²) in [4.78, 5) is 27.2. The first kappa shape index (κ1) is 21.1. The van der Waals surface area contributed by atoms with Crippen molar-refractivity contribution in [3.05, 3.63) is 29.8 Å². The molecule has 6 unspecified atom stereocenters. The van der Waals surface area contributed by atoms with Gasteiger partial charge >= 0.3 is 0 Å². The number of fused-ring (bicyclic) bond motifs is 2. The van der Waals surface area contributed by atoms with E-state index in [1.165, 1.54) is 0 Å². The van der Waals surface area contributed by atoms with Crippen molar-refractivity contribution in [2.75, 3.05) is 18.4 Å². The predicted molar refractivity (Wildman–Crippen MR) is 111 cm³/mol. The van der Waals surface area contributed by atoms with E-state index in [2.05, 4.69) is 5.32 Å². The lowest BCUT2D eigenvalue weighted by Crippen LogP contribution is -2.48. The van der Waals surface area contributed by atoms with Gasteiger partial charge in [0, 0.05) is 30.4 Å². The third-order valence-corrected chi connectivity index (χ3v) is 6.39. The number of morpholine rings is 1. The lowest BCUT2D eigenvalue weighted by atomic mass is 9.84. The van der Waals surface area contributed by atoms with Gasteiger partial charge in [-0.2, -0.15) is 0 Å². The Labute approximate surface area is 172 Å². The van der Waals surface area contributed by atoms with E-state index in [1.54, 1.807) is 24.3 Å². The molecule has 0 radical (unpaired) electrons. The maximum Gasteiger partial charge on any atom is 0.254 e. The molecule has 1 saturated heterocycles. The number of nitrogens with zero attached hydrogens (tertiary/aromatic N) is 1. The van der Waals surface area contributed by atoms with Gasteiger partial charge in [0.05, 0.1) is 18.1 Å². The zero-order valence-electron chi connectivity index (χ0n) is 16.5. The van der Waals surface area contributed by atoms with Gasteiger partial charge in [-0.1, -0.05) is 0 Å². The second-order valence-corrected chi connectivity index (χ2v) is 8.47. The van der Waals surface area contributed by atoms with Gasteiger partial charge in [-0.3, -0.25) is 9.59 Å². The first-order chi connectivity index (χ1) is 12.9. The van der Waals surface area contributed by atoms with Crippen LogP contribution in [0, 0.1) is 17.8 Å². The van der Waals surface area contributed by atoms with Gasteiger partial charge in [0.15, 0.2) is 0 Å². The van der Waals surface area contributed by atoms with Crippen LogP contribution in [0.4, 0.5) is 5.69 Å². The quantitative estimate of drug-likeness (QED) is 0.806. The first-order valence-corrected chi connectivity index (χ1v) is 10.0. The van der Waals surface area contributed by atoms with E-state index in [-0.39, 0.29) is 48.4 Å². The van der Waals surface area contributed by atoms with Crippen LogP contribution in [0.1, 0.15) is 43.5 Å². The van der Waals surface area contributed by atoms with Gasteiger partial charge < -0.3 is 20.7 Å². The van der Waals surface area contributed by atoms with Crippen LogP contribution in [0.15, 0.2) is 24.3 Å². The molecule has 6 atom stereocenters. The molecule has 2 aliphatic carbocycles. The SMILES string of the molecule is CC1CN(C(=O)c2ccc(NC(=O)C3C4CCC(C4)C3N)cc2)CC(C)O1.Cl. The third-order valence-electron chi connectivity index (χ3n) is 6.39. The molecule has 2 saturated carbocycles. The molecule has 3 fully saturated rings. The normalized spacial score (nSPS) is 34.0. The number of nitrogens with one attached hydrogen (secondary N) is 1. The van der Waals surface area contributed by atoms with Gasteiger partial charge in [0.2, 0.25) is 5.91 Å². The van der Waals surface area contributed by atoms with Crippen LogP contribution in [0.5, 0.6) is 0 Å². The summed E-state index contributed by atoms with van der Waals surface area (Å²) in [6, 6.07) is 7.15. The van der Waals surface area contributed by atoms with Gasteiger partial charge in [0.25, 0.3) is 5.91 Å². The van der Waals surface area contributed by atoms with E-state index in [0.29, 0.717) is 30.5 Å². The number of halogens is 1. The summed E-state index contributed by atoms with van der Waals surface area (Å²) in [5.41, 5.74) is 7.61. The average molecular weight is 408 g/mol. The number of benzene rings is 1. The van der Waals surface area contributed by atoms with Crippen molar-refractivity contribution < 1.29 is 14.3 Å². The fourth-order valence-corrected chi connectivity index (χ4v) is 5.17. The van der Waals surface area contributed by atoms with E-state index < -0.39 is 0 Å². The molecule has 6 nitrogen and oxygen atoms in total. The summed E-state index contributed by atoms with van der Waals surface area (Å²) in [6.07, 6.45) is 3.44. The molecule has 4 rings (SSSR count). The number of hydrogen-bond acceptors (Lipinski definition) is 4. The Hall–Kier alpha value is -1.63. The number of amides is 2. The van der Waals surface area contributed by atoms with Crippen molar-refractivity contribution in [2.45, 2.75) is 51.4 Å². The number of ether oxygens (including phenoxy) is 1. The van der Waals surface area contributed by atoms with Crippen molar-refractivity contribution >= 4 is 29.9 Å². The fraction of sp³-hybridized carbons (Fsp3) is 0.619. The highest BCUT2D eigenvalue weighted by Gasteiger charge is 2.49. The summed E-state index contributed by atoms with van der Waals surface area (Å²) in [7, 11) is 0. The summed E-state index contributed by atoms with van der Waals surface area (Å²) in [5, 5.41) is 3.00. The van der Waals surface area contributed by atoms with Crippen molar-refractivity contribution in [1.29, 1.82) is 0 Å². The van der Waals surface area contributed by atoms with E-state index in [4.69, 9.17) is 10.5 Å². The van der Waals surface area contributed by atoms with Gasteiger partial charge in [-0.25, -0.2) is 0 Å². The van der Waals surface area contributed by atoms with E-state index >= 15 is 0 Å². The zero-order valence-corrected chi connectivity index (χ0v) is 17.3. The number of carbonyl (C=O) groups excluding carboxylic acids is 2. The molecule has 154 valence electrons. The number of carbonyl (C=O) groups is 2. The molecule has 1 heterocycles. The highest BCUT2D eigenvalue weighted by Crippen LogP contribution is 2.47. The Morgan fingerprint density at radius 1 is 1.07 bits per heavy atom. The average Bonchev–Trinajstić information content (AvgIpc) is 3.22. The maximum atomic E-state index is 12.7. The summed E-state index contributed by atoms with van der Waals surface area (Å²) < 4.78 is 5.69. The molecule has 1 aromatic carbocycles. The zero-order chi connectivity index (χ0) is 19.1. The molecule has 1 aliphatic heterocycles. The Kier molecular flexibility index (Phi) is 6.32. The molecule has 3 aliphatic rings. The van der Waals surface area contributed by atoms with Gasteiger partial charge in [-0.05, 0) is 69.2 Å². The number of hydrogen-bond donors (Lipinski definition) is 2. The summed E-state index contributed by atoms with van der Waals surface area (Å²) in [6.45, 7) is 5.16. The van der Waals surface area contributed by atoms with Crippen LogP contribution in [0.25, 0.3) is 0 Å². The molecule has 2 bridgehead atoms. The number of anilines is 1. The topological polar surface area (TPSA) is 84.7 Å². The molecule has 3 N–H and O–H groups in total. The molecular formula is C21H30ClN3O3. The summed E-state index contributed by atoms with van der Waals surface area (Å²) >= 11 is 0. The second-order valence-electron chi connectivity index (χ2n) is 8.47. The number of nitrogens with two attached hydrogens (primary N) is 1. The monoisotopic (exact) mass is 407 g/mol. The second kappa shape index (κ2) is 8.39. The Bertz CT molecular complexity index is 714. The fourth-order valence-electron chi connectivity index (χ4n) is 5.17. The van der Waals surface area contributed by atoms with E-state index in [0.717, 1.165) is 24.9 Å². The van der Waals surface area contributed by atoms with Gasteiger partial charge in [0.1, 0.15) is 0 Å². The number of rotatable bonds is 3. The Balaban J connectivity index is 0.00000225. The predicted octanol–water partition coefficient (Wildman–Crippen LogP) is 2.67. The van der Waals surface area contributed by atoms with Gasteiger partial charge in [-0.15, -0.1) is 12.4 Å². The minimum absolute atomic E-state index is 0. The first-order valence-electron chi connectivity index (χ1n) is 10.0. The lowest BCUT2D eigenvalue weighted by molar-refractivity contribution is -0.121. The third kappa shape index (κ3) is 4.04. The van der Waals surface area contributed by atoms with Crippen molar-refractivity contribution in [2.24, 2.45) is 23.5 Å². The van der Waals surface area contributed by atoms with Crippen molar-refractivity contribution in [1.82, 2.24) is 4.90 Å². The van der Waals surface area contributed by atoms with Crippen LogP contribution in [-0.4, -0.2) is 48.1 Å². The minimum atomic E-state index is -0.0821. The largest absolute Gasteiger partial charge is 0.372 e. The van der Waals surface area contributed by atoms with Crippen LogP contribution in [0.3, 0.4) is 0 Å². The van der Waals surface area contributed by atoms with Crippen LogP contribution in [-0.2, 0) is 9.53 Å². The molecule has 7 heteroatoms. The maximum absolute atomic E-state index is 12.7. The van der Waals surface area contributed by atoms with E-state index in [9.17, 15) is 9.59 Å². The molecule has 0 spiro atoms. The van der Waals surface area contributed by atoms with Crippen LogP contribution >= 0.6 is 12.4 Å². The highest BCUT2D eigenvalue weighted by atomic mass is 35.5. The van der Waals surface area contributed by atoms with Crippen molar-refractivity contribution in [3.8, 4) is 0 Å². The van der Waals surface area contributed by atoms with Crippen molar-refractivity contribution in [3.63, 3.8) is 0 Å². The smallest absolute Gasteiger partial charge is 0.254 e. The molecule has 1 aromatic rings. The lowest BCUT2D eigenvalue weighted by Gasteiger charge is -2.35. The summed E-state index contributed by atoms with van der Waals surface area (Å²) in [5.74, 6) is 0.871. The molecular weight excluding hydrogens is 378 g/mol. The molecule has 2 amide bonds. The van der Waals surface area contributed by atoms with Crippen LogP contribution in [0.2, 0.25) is 0 Å². The molecule has 0 aromatic heterocycles. The Morgan fingerprint density at radius 2 is 1.68 bits per heavy atom. The minimum Gasteiger partial charge on any atom is -0.372 e.